The molecule has 112 valence electrons. The molecule has 0 amide bonds. The van der Waals surface area contributed by atoms with Gasteiger partial charge >= 0.3 is 0 Å². The van der Waals surface area contributed by atoms with Gasteiger partial charge in [0.15, 0.2) is 0 Å². The largest absolute Gasteiger partial charge is 0.468 e. The molecule has 0 radical (unpaired) electrons. The van der Waals surface area contributed by atoms with Crippen LogP contribution in [-0.2, 0) is 13.1 Å². The minimum absolute atomic E-state index is 0.730. The summed E-state index contributed by atoms with van der Waals surface area (Å²) < 4.78 is 5.72. The summed E-state index contributed by atoms with van der Waals surface area (Å²) in [5, 5.41) is 3.58. The van der Waals surface area contributed by atoms with Crippen LogP contribution in [0.5, 0.6) is 0 Å². The molecule has 2 aliphatic carbocycles. The molecule has 1 N–H and O–H groups in total. The normalized spacial score (nSPS) is 27.1. The molecule has 2 fully saturated rings. The first-order valence-corrected chi connectivity index (χ1v) is 8.21. The van der Waals surface area contributed by atoms with E-state index in [1.165, 1.54) is 44.1 Å². The van der Waals surface area contributed by atoms with Gasteiger partial charge in [-0.15, -0.1) is 0 Å². The van der Waals surface area contributed by atoms with E-state index in [9.17, 15) is 0 Å². The van der Waals surface area contributed by atoms with Gasteiger partial charge in [-0.1, -0.05) is 19.8 Å². The van der Waals surface area contributed by atoms with Crippen molar-refractivity contribution in [1.82, 2.24) is 10.2 Å². The van der Waals surface area contributed by atoms with Crippen molar-refractivity contribution >= 4 is 0 Å². The van der Waals surface area contributed by atoms with E-state index >= 15 is 0 Å². The number of rotatable bonds is 6. The average Bonchev–Trinajstić information content (AvgIpc) is 3.17. The summed E-state index contributed by atoms with van der Waals surface area (Å²) in [4.78, 5) is 2.50. The predicted molar refractivity (Wildman–Crippen MR) is 81.5 cm³/mol. The average molecular weight is 276 g/mol. The second-order valence-electron chi connectivity index (χ2n) is 6.86. The molecule has 0 aromatic carbocycles. The number of hydrogen-bond acceptors (Lipinski definition) is 3. The van der Waals surface area contributed by atoms with Gasteiger partial charge in [-0.05, 0) is 44.7 Å². The van der Waals surface area contributed by atoms with Gasteiger partial charge in [0.2, 0.25) is 0 Å². The fraction of sp³-hybridized carbons (Fsp3) is 0.765. The number of hydrogen-bond donors (Lipinski definition) is 1. The van der Waals surface area contributed by atoms with Crippen LogP contribution in [0.3, 0.4) is 0 Å². The Balaban J connectivity index is 1.54. The van der Waals surface area contributed by atoms with Crippen molar-refractivity contribution in [3.8, 4) is 0 Å². The van der Waals surface area contributed by atoms with E-state index in [0.717, 1.165) is 36.9 Å². The van der Waals surface area contributed by atoms with Crippen LogP contribution in [0, 0.1) is 5.92 Å². The molecule has 1 heterocycles. The van der Waals surface area contributed by atoms with Gasteiger partial charge in [0.05, 0.1) is 12.8 Å². The summed E-state index contributed by atoms with van der Waals surface area (Å²) >= 11 is 0. The Labute approximate surface area is 122 Å². The fourth-order valence-corrected chi connectivity index (χ4v) is 3.36. The van der Waals surface area contributed by atoms with E-state index in [4.69, 9.17) is 4.42 Å². The molecule has 3 nitrogen and oxygen atoms in total. The van der Waals surface area contributed by atoms with Crippen LogP contribution in [0.1, 0.15) is 56.8 Å². The van der Waals surface area contributed by atoms with Crippen LogP contribution >= 0.6 is 0 Å². The van der Waals surface area contributed by atoms with Gasteiger partial charge in [0.25, 0.3) is 0 Å². The minimum Gasteiger partial charge on any atom is -0.468 e. The van der Waals surface area contributed by atoms with E-state index in [1.807, 2.05) is 6.26 Å². The van der Waals surface area contributed by atoms with Crippen LogP contribution < -0.4 is 5.32 Å². The Morgan fingerprint density at radius 1 is 1.30 bits per heavy atom. The Hall–Kier alpha value is -0.800. The third-order valence-corrected chi connectivity index (χ3v) is 4.92. The molecule has 2 saturated carbocycles. The highest BCUT2D eigenvalue weighted by atomic mass is 16.3. The van der Waals surface area contributed by atoms with Gasteiger partial charge < -0.3 is 9.73 Å². The molecule has 2 atom stereocenters. The zero-order chi connectivity index (χ0) is 13.9. The van der Waals surface area contributed by atoms with Crippen molar-refractivity contribution < 1.29 is 4.42 Å². The van der Waals surface area contributed by atoms with Crippen molar-refractivity contribution in [2.45, 2.75) is 70.6 Å². The van der Waals surface area contributed by atoms with Gasteiger partial charge in [0, 0.05) is 24.2 Å². The van der Waals surface area contributed by atoms with Gasteiger partial charge in [-0.3, -0.25) is 4.90 Å². The summed E-state index contributed by atoms with van der Waals surface area (Å²) in [6.07, 6.45) is 9.99. The molecule has 1 aromatic rings. The van der Waals surface area contributed by atoms with E-state index in [1.54, 1.807) is 0 Å². The summed E-state index contributed by atoms with van der Waals surface area (Å²) in [5.74, 6) is 2.03. The molecule has 20 heavy (non-hydrogen) atoms. The quantitative estimate of drug-likeness (QED) is 0.861. The standard InChI is InChI=1S/C17H28N2O/c1-13-4-3-5-16(10-13)19(2)12-17-14(8-9-20-17)11-18-15-6-7-15/h8-9,13,15-16,18H,3-7,10-12H2,1-2H3. The minimum atomic E-state index is 0.730. The molecular weight excluding hydrogens is 248 g/mol. The lowest BCUT2D eigenvalue weighted by Gasteiger charge is -2.33. The van der Waals surface area contributed by atoms with E-state index in [2.05, 4.69) is 30.3 Å². The third-order valence-electron chi connectivity index (χ3n) is 4.92. The zero-order valence-corrected chi connectivity index (χ0v) is 12.9. The molecule has 0 spiro atoms. The Kier molecular flexibility index (Phi) is 4.47. The highest BCUT2D eigenvalue weighted by Gasteiger charge is 2.24. The summed E-state index contributed by atoms with van der Waals surface area (Å²) in [7, 11) is 2.25. The predicted octanol–water partition coefficient (Wildman–Crippen LogP) is 3.54. The van der Waals surface area contributed by atoms with E-state index in [-0.39, 0.29) is 0 Å². The third kappa shape index (κ3) is 3.64. The van der Waals surface area contributed by atoms with Crippen LogP contribution in [0.15, 0.2) is 16.7 Å². The van der Waals surface area contributed by atoms with Crippen LogP contribution in [-0.4, -0.2) is 24.0 Å². The molecule has 2 unspecified atom stereocenters. The lowest BCUT2D eigenvalue weighted by molar-refractivity contribution is 0.148. The van der Waals surface area contributed by atoms with Crippen molar-refractivity contribution in [3.05, 3.63) is 23.7 Å². The number of nitrogens with zero attached hydrogens (tertiary/aromatic N) is 1. The zero-order valence-electron chi connectivity index (χ0n) is 12.9. The first-order chi connectivity index (χ1) is 9.72. The fourth-order valence-electron chi connectivity index (χ4n) is 3.36. The van der Waals surface area contributed by atoms with E-state index in [0.29, 0.717) is 0 Å². The summed E-state index contributed by atoms with van der Waals surface area (Å²) in [6, 6.07) is 3.62. The molecule has 0 aliphatic heterocycles. The smallest absolute Gasteiger partial charge is 0.122 e. The Bertz CT molecular complexity index is 424. The monoisotopic (exact) mass is 276 g/mol. The maximum Gasteiger partial charge on any atom is 0.122 e. The van der Waals surface area contributed by atoms with Crippen molar-refractivity contribution in [3.63, 3.8) is 0 Å². The van der Waals surface area contributed by atoms with Gasteiger partial charge in [-0.2, -0.15) is 0 Å². The molecule has 1 aromatic heterocycles. The van der Waals surface area contributed by atoms with Gasteiger partial charge in [-0.25, -0.2) is 0 Å². The SMILES string of the molecule is CC1CCCC(N(C)Cc2occc2CNC2CC2)C1. The Morgan fingerprint density at radius 3 is 2.90 bits per heavy atom. The van der Waals surface area contributed by atoms with Crippen LogP contribution in [0.25, 0.3) is 0 Å². The van der Waals surface area contributed by atoms with Crippen molar-refractivity contribution in [2.75, 3.05) is 7.05 Å². The van der Waals surface area contributed by atoms with Crippen LogP contribution in [0.2, 0.25) is 0 Å². The molecule has 3 heteroatoms. The van der Waals surface area contributed by atoms with Gasteiger partial charge in [0.1, 0.15) is 5.76 Å². The molecule has 0 saturated heterocycles. The first-order valence-electron chi connectivity index (χ1n) is 8.21. The highest BCUT2D eigenvalue weighted by molar-refractivity contribution is 5.17. The molecular formula is C17H28N2O. The highest BCUT2D eigenvalue weighted by Crippen LogP contribution is 2.28. The lowest BCUT2D eigenvalue weighted by atomic mass is 9.86. The molecule has 3 rings (SSSR count). The van der Waals surface area contributed by atoms with Crippen LogP contribution in [0.4, 0.5) is 0 Å². The second kappa shape index (κ2) is 6.31. The maximum atomic E-state index is 5.72. The second-order valence-corrected chi connectivity index (χ2v) is 6.86. The summed E-state index contributed by atoms with van der Waals surface area (Å²) in [6.45, 7) is 4.30. The number of furan rings is 1. The maximum absolute atomic E-state index is 5.72. The summed E-state index contributed by atoms with van der Waals surface area (Å²) in [5.41, 5.74) is 1.34. The van der Waals surface area contributed by atoms with E-state index < -0.39 is 0 Å². The lowest BCUT2D eigenvalue weighted by Crippen LogP contribution is -2.35. The van der Waals surface area contributed by atoms with Crippen molar-refractivity contribution in [1.29, 1.82) is 0 Å². The number of nitrogens with one attached hydrogen (secondary N) is 1. The Morgan fingerprint density at radius 2 is 2.15 bits per heavy atom. The molecule has 0 bridgehead atoms. The molecule has 2 aliphatic rings. The first kappa shape index (κ1) is 14.2. The topological polar surface area (TPSA) is 28.4 Å². The van der Waals surface area contributed by atoms with Crippen molar-refractivity contribution in [2.24, 2.45) is 5.92 Å².